The van der Waals surface area contributed by atoms with Crippen molar-refractivity contribution in [3.63, 3.8) is 0 Å². The Balaban J connectivity index is 0.000000569. The van der Waals surface area contributed by atoms with Gasteiger partial charge in [-0.15, -0.1) is 0 Å². The molecule has 0 unspecified atom stereocenters. The van der Waals surface area contributed by atoms with Crippen molar-refractivity contribution in [1.82, 2.24) is 4.90 Å². The van der Waals surface area contributed by atoms with E-state index in [0.717, 1.165) is 25.3 Å². The van der Waals surface area contributed by atoms with Gasteiger partial charge in [-0.05, 0) is 42.2 Å². The highest BCUT2D eigenvalue weighted by Gasteiger charge is 2.30. The highest BCUT2D eigenvalue weighted by molar-refractivity contribution is 5.78. The molecule has 2 aromatic carbocycles. The summed E-state index contributed by atoms with van der Waals surface area (Å²) < 4.78 is 4.87. The lowest BCUT2D eigenvalue weighted by atomic mass is 9.76. The summed E-state index contributed by atoms with van der Waals surface area (Å²) >= 11 is 0. The quantitative estimate of drug-likeness (QED) is 0.627. The van der Waals surface area contributed by atoms with Crippen LogP contribution in [0, 0.1) is 11.8 Å². The van der Waals surface area contributed by atoms with E-state index >= 15 is 0 Å². The molecule has 0 aromatic heterocycles. The Labute approximate surface area is 197 Å². The zero-order valence-electron chi connectivity index (χ0n) is 19.9. The van der Waals surface area contributed by atoms with Crippen molar-refractivity contribution in [3.8, 4) is 0 Å². The normalized spacial score (nSPS) is 14.2. The van der Waals surface area contributed by atoms with Gasteiger partial charge in [0.05, 0.1) is 19.1 Å². The van der Waals surface area contributed by atoms with Crippen LogP contribution in [0.15, 0.2) is 60.7 Å². The smallest absolute Gasteiger partial charge is 0.248 e. The maximum absolute atomic E-state index is 12.2. The highest BCUT2D eigenvalue weighted by atomic mass is 16.5. The molecule has 180 valence electrons. The Morgan fingerprint density at radius 1 is 0.970 bits per heavy atom. The van der Waals surface area contributed by atoms with Gasteiger partial charge in [-0.25, -0.2) is 0 Å². The molecule has 6 nitrogen and oxygen atoms in total. The number of carboxylic acid groups (broad SMARTS) is 1. The van der Waals surface area contributed by atoms with E-state index in [1.165, 1.54) is 17.5 Å². The average Bonchev–Trinajstić information content (AvgIpc) is 2.81. The Morgan fingerprint density at radius 3 is 1.88 bits per heavy atom. The van der Waals surface area contributed by atoms with Crippen LogP contribution in [0.1, 0.15) is 50.2 Å². The maximum atomic E-state index is 12.2. The summed E-state index contributed by atoms with van der Waals surface area (Å²) in [6.45, 7) is 6.07. The monoisotopic (exact) mass is 454 g/mol. The van der Waals surface area contributed by atoms with E-state index in [1.54, 1.807) is 4.90 Å². The van der Waals surface area contributed by atoms with Crippen molar-refractivity contribution in [2.45, 2.75) is 39.0 Å². The SMILES string of the molecule is CC(C)CC[NH3+].O=C([O-])COCC(=O)N1CCC(C(c2ccccc2)c2ccccc2)CC1. The van der Waals surface area contributed by atoms with E-state index in [0.29, 0.717) is 24.9 Å². The number of aliphatic carboxylic acids is 1. The van der Waals surface area contributed by atoms with Crippen LogP contribution in [0.3, 0.4) is 0 Å². The predicted octanol–water partition coefficient (Wildman–Crippen LogP) is 2.10. The molecule has 1 saturated heterocycles. The first kappa shape index (κ1) is 26.6. The number of hydrogen-bond donors (Lipinski definition) is 1. The summed E-state index contributed by atoms with van der Waals surface area (Å²) in [6.07, 6.45) is 3.07. The first-order valence-electron chi connectivity index (χ1n) is 11.9. The zero-order chi connectivity index (χ0) is 24.1. The Hall–Kier alpha value is -2.70. The van der Waals surface area contributed by atoms with Gasteiger partial charge in [0, 0.05) is 19.0 Å². The van der Waals surface area contributed by atoms with E-state index in [2.05, 4.69) is 68.1 Å². The summed E-state index contributed by atoms with van der Waals surface area (Å²) in [5.74, 6) is 0.116. The number of carbonyl (C=O) groups is 2. The second-order valence-corrected chi connectivity index (χ2v) is 8.92. The Bertz CT molecular complexity index is 779. The summed E-state index contributed by atoms with van der Waals surface area (Å²) in [4.78, 5) is 24.3. The average molecular weight is 455 g/mol. The number of likely N-dealkylation sites (tertiary alicyclic amines) is 1. The topological polar surface area (TPSA) is 97.3 Å². The molecule has 1 aliphatic heterocycles. The van der Waals surface area contributed by atoms with Crippen LogP contribution in [0.2, 0.25) is 0 Å². The fourth-order valence-electron chi connectivity index (χ4n) is 4.26. The Kier molecular flexibility index (Phi) is 11.6. The van der Waals surface area contributed by atoms with E-state index in [-0.39, 0.29) is 12.5 Å². The van der Waals surface area contributed by atoms with E-state index < -0.39 is 12.6 Å². The minimum atomic E-state index is -1.31. The zero-order valence-corrected chi connectivity index (χ0v) is 19.9. The molecule has 6 heteroatoms. The lowest BCUT2D eigenvalue weighted by molar-refractivity contribution is -0.369. The minimum Gasteiger partial charge on any atom is -0.548 e. The third-order valence-corrected chi connectivity index (χ3v) is 5.91. The van der Waals surface area contributed by atoms with E-state index in [4.69, 9.17) is 4.74 Å². The number of carboxylic acids is 1. The van der Waals surface area contributed by atoms with Crippen LogP contribution >= 0.6 is 0 Å². The lowest BCUT2D eigenvalue weighted by Crippen LogP contribution is -2.50. The summed E-state index contributed by atoms with van der Waals surface area (Å²) in [5.41, 5.74) is 6.32. The minimum absolute atomic E-state index is 0.161. The van der Waals surface area contributed by atoms with Gasteiger partial charge in [0.25, 0.3) is 0 Å². The van der Waals surface area contributed by atoms with Crippen LogP contribution < -0.4 is 10.8 Å². The van der Waals surface area contributed by atoms with Gasteiger partial charge >= 0.3 is 0 Å². The number of benzene rings is 2. The number of ether oxygens (including phenoxy) is 1. The van der Waals surface area contributed by atoms with Gasteiger partial charge in [0.2, 0.25) is 5.91 Å². The molecule has 0 radical (unpaired) electrons. The van der Waals surface area contributed by atoms with Gasteiger partial charge in [0.15, 0.2) is 0 Å². The standard InChI is InChI=1S/C22H25NO4.C5H13N/c24-20(15-27-16-21(25)26)23-13-11-19(12-14-23)22(17-7-3-1-4-8-17)18-9-5-2-6-10-18;1-5(2)3-4-6/h1-10,19,22H,11-16H2,(H,25,26);5H,3-4,6H2,1-2H3. The highest BCUT2D eigenvalue weighted by Crippen LogP contribution is 2.37. The third-order valence-electron chi connectivity index (χ3n) is 5.91. The Morgan fingerprint density at radius 2 is 1.48 bits per heavy atom. The number of amides is 1. The third kappa shape index (κ3) is 9.36. The summed E-state index contributed by atoms with van der Waals surface area (Å²) in [5, 5.41) is 10.4. The van der Waals surface area contributed by atoms with E-state index in [9.17, 15) is 14.7 Å². The van der Waals surface area contributed by atoms with Crippen molar-refractivity contribution >= 4 is 11.9 Å². The molecule has 1 heterocycles. The van der Waals surface area contributed by atoms with Crippen molar-refractivity contribution in [2.75, 3.05) is 32.8 Å². The molecular formula is C27H38N2O4. The summed E-state index contributed by atoms with van der Waals surface area (Å²) in [6, 6.07) is 21.0. The number of rotatable bonds is 9. The first-order chi connectivity index (χ1) is 15.9. The van der Waals surface area contributed by atoms with Crippen LogP contribution in [-0.4, -0.2) is 49.6 Å². The molecule has 0 aliphatic carbocycles. The molecule has 1 fully saturated rings. The number of nitrogens with zero attached hydrogens (tertiary/aromatic N) is 1. The largest absolute Gasteiger partial charge is 0.548 e. The number of hydrogen-bond acceptors (Lipinski definition) is 4. The van der Waals surface area contributed by atoms with E-state index in [1.807, 2.05) is 12.1 Å². The van der Waals surface area contributed by atoms with Gasteiger partial charge in [0.1, 0.15) is 6.61 Å². The second-order valence-electron chi connectivity index (χ2n) is 8.92. The van der Waals surface area contributed by atoms with Crippen LogP contribution in [0.5, 0.6) is 0 Å². The first-order valence-corrected chi connectivity index (χ1v) is 11.9. The van der Waals surface area contributed by atoms with Gasteiger partial charge in [-0.3, -0.25) is 4.79 Å². The maximum Gasteiger partial charge on any atom is 0.248 e. The molecule has 2 aromatic rings. The van der Waals surface area contributed by atoms with Gasteiger partial charge < -0.3 is 25.3 Å². The molecule has 0 bridgehead atoms. The van der Waals surface area contributed by atoms with Crippen LogP contribution in [0.25, 0.3) is 0 Å². The van der Waals surface area contributed by atoms with Crippen molar-refractivity contribution in [1.29, 1.82) is 0 Å². The van der Waals surface area contributed by atoms with Gasteiger partial charge in [-0.2, -0.15) is 0 Å². The molecule has 3 N–H and O–H groups in total. The van der Waals surface area contributed by atoms with Gasteiger partial charge in [-0.1, -0.05) is 74.5 Å². The molecule has 0 spiro atoms. The molecule has 0 atom stereocenters. The number of piperidine rings is 1. The van der Waals surface area contributed by atoms with Crippen molar-refractivity contribution < 1.29 is 25.2 Å². The molecule has 1 amide bonds. The molecule has 0 saturated carbocycles. The second kappa shape index (κ2) is 14.4. The lowest BCUT2D eigenvalue weighted by Gasteiger charge is -2.36. The molecular weight excluding hydrogens is 416 g/mol. The van der Waals surface area contributed by atoms with Crippen LogP contribution in [0.4, 0.5) is 0 Å². The van der Waals surface area contributed by atoms with Crippen molar-refractivity contribution in [2.24, 2.45) is 11.8 Å². The fourth-order valence-corrected chi connectivity index (χ4v) is 4.26. The number of quaternary nitrogens is 1. The van der Waals surface area contributed by atoms with Crippen LogP contribution in [-0.2, 0) is 14.3 Å². The van der Waals surface area contributed by atoms with Crippen molar-refractivity contribution in [3.05, 3.63) is 71.8 Å². The fraction of sp³-hybridized carbons (Fsp3) is 0.481. The molecule has 3 rings (SSSR count). The summed E-state index contributed by atoms with van der Waals surface area (Å²) in [7, 11) is 0. The predicted molar refractivity (Wildman–Crippen MR) is 127 cm³/mol. The number of carbonyl (C=O) groups excluding carboxylic acids is 2. The molecule has 33 heavy (non-hydrogen) atoms. The molecule has 1 aliphatic rings.